The highest BCUT2D eigenvalue weighted by molar-refractivity contribution is 7.88. The smallest absolute Gasteiger partial charge is 0.359 e. The average molecular weight is 454 g/mol. The Hall–Kier alpha value is -2.82. The summed E-state index contributed by atoms with van der Waals surface area (Å²) < 4.78 is 67.9. The van der Waals surface area contributed by atoms with Crippen molar-refractivity contribution >= 4 is 27.0 Å². The second-order valence-electron chi connectivity index (χ2n) is 7.67. The van der Waals surface area contributed by atoms with Gasteiger partial charge in [-0.05, 0) is 42.7 Å². The van der Waals surface area contributed by atoms with E-state index in [9.17, 15) is 26.4 Å². The van der Waals surface area contributed by atoms with E-state index in [1.807, 2.05) is 6.92 Å². The number of nitrogens with one attached hydrogen (secondary N) is 1. The molecule has 1 saturated heterocycles. The third-order valence-corrected chi connectivity index (χ3v) is 7.01. The lowest BCUT2D eigenvalue weighted by atomic mass is 10.0. The van der Waals surface area contributed by atoms with E-state index < -0.39 is 33.5 Å². The van der Waals surface area contributed by atoms with E-state index in [0.29, 0.717) is 5.69 Å². The number of fused-ring (bicyclic) bond motifs is 1. The molecule has 11 heteroatoms. The number of hydrogen-bond acceptors (Lipinski definition) is 4. The third-order valence-electron chi connectivity index (χ3n) is 5.40. The number of hydrogen-bond donors (Lipinski definition) is 1. The van der Waals surface area contributed by atoms with Crippen molar-refractivity contribution in [1.82, 2.24) is 18.8 Å². The largest absolute Gasteiger partial charge is 0.416 e. The highest BCUT2D eigenvalue weighted by atomic mass is 32.2. The van der Waals surface area contributed by atoms with Gasteiger partial charge in [-0.3, -0.25) is 4.79 Å². The van der Waals surface area contributed by atoms with E-state index in [4.69, 9.17) is 0 Å². The molecule has 0 radical (unpaired) electrons. The summed E-state index contributed by atoms with van der Waals surface area (Å²) in [7, 11) is -4.06. The van der Waals surface area contributed by atoms with Crippen molar-refractivity contribution in [3.05, 3.63) is 42.1 Å². The van der Waals surface area contributed by atoms with Gasteiger partial charge in [0.1, 0.15) is 5.88 Å². The van der Waals surface area contributed by atoms with Crippen LogP contribution < -0.4 is 0 Å². The minimum atomic E-state index is -4.55. The van der Waals surface area contributed by atoms with Gasteiger partial charge in [-0.25, -0.2) is 17.7 Å². The average Bonchev–Trinajstić information content (AvgIpc) is 3.40. The number of benzene rings is 1. The Morgan fingerprint density at radius 2 is 2.03 bits per heavy atom. The van der Waals surface area contributed by atoms with Crippen molar-refractivity contribution in [2.75, 3.05) is 6.54 Å². The Bertz CT molecular complexity index is 1220. The molecule has 1 amide bonds. The van der Waals surface area contributed by atoms with Gasteiger partial charge in [0, 0.05) is 19.2 Å². The predicted octanol–water partition coefficient (Wildman–Crippen LogP) is 3.99. The minimum Gasteiger partial charge on any atom is -0.359 e. The van der Waals surface area contributed by atoms with Crippen LogP contribution in [0.1, 0.15) is 31.7 Å². The van der Waals surface area contributed by atoms with Crippen LogP contribution in [0.3, 0.4) is 0 Å². The van der Waals surface area contributed by atoms with Crippen LogP contribution in [-0.4, -0.2) is 39.7 Å². The van der Waals surface area contributed by atoms with E-state index >= 15 is 0 Å². The molecule has 1 N–H and O–H groups in total. The monoisotopic (exact) mass is 454 g/mol. The molecule has 1 unspecified atom stereocenters. The fourth-order valence-corrected chi connectivity index (χ4v) is 5.51. The molecule has 3 aromatic rings. The Labute approximate surface area is 176 Å². The number of rotatable bonds is 6. The van der Waals surface area contributed by atoms with Crippen molar-refractivity contribution in [2.24, 2.45) is 5.92 Å². The fraction of sp³-hybridized carbons (Fsp3) is 0.400. The Morgan fingerprint density at radius 1 is 1.26 bits per heavy atom. The van der Waals surface area contributed by atoms with Crippen molar-refractivity contribution in [3.63, 3.8) is 0 Å². The first-order chi connectivity index (χ1) is 14.6. The van der Waals surface area contributed by atoms with Gasteiger partial charge in [0.25, 0.3) is 10.0 Å². The van der Waals surface area contributed by atoms with Crippen LogP contribution in [0.15, 0.2) is 36.5 Å². The Balaban J connectivity index is 1.77. The predicted molar refractivity (Wildman–Crippen MR) is 108 cm³/mol. The maximum atomic E-state index is 13.1. The zero-order chi connectivity index (χ0) is 22.4. The fourth-order valence-electron chi connectivity index (χ4n) is 3.96. The molecule has 1 aliphatic rings. The van der Waals surface area contributed by atoms with Crippen molar-refractivity contribution in [1.29, 1.82) is 0 Å². The van der Waals surface area contributed by atoms with Crippen molar-refractivity contribution in [3.8, 4) is 11.5 Å². The Morgan fingerprint density at radius 3 is 2.68 bits per heavy atom. The van der Waals surface area contributed by atoms with Gasteiger partial charge >= 0.3 is 6.18 Å². The highest BCUT2D eigenvalue weighted by Gasteiger charge is 2.38. The summed E-state index contributed by atoms with van der Waals surface area (Å²) in [6.45, 7) is 2.09. The SMILES string of the molecule is CCCC1CC(=O)N(S(=O)(=O)Cn2c(-c3ccc[nH]3)nc3cc(C(F)(F)F)ccc32)C1. The molecule has 31 heavy (non-hydrogen) atoms. The number of halogens is 3. The number of imidazole rings is 1. The summed E-state index contributed by atoms with van der Waals surface area (Å²) in [5.41, 5.74) is -0.164. The van der Waals surface area contributed by atoms with Crippen molar-refractivity contribution < 1.29 is 26.4 Å². The van der Waals surface area contributed by atoms with E-state index in [2.05, 4.69) is 9.97 Å². The number of alkyl halides is 3. The second-order valence-corrected chi connectivity index (χ2v) is 9.54. The molecule has 1 aromatic carbocycles. The van der Waals surface area contributed by atoms with Gasteiger partial charge in [0.2, 0.25) is 5.91 Å². The zero-order valence-electron chi connectivity index (χ0n) is 16.7. The Kier molecular flexibility index (Phi) is 5.32. The van der Waals surface area contributed by atoms with Crippen LogP contribution in [0.25, 0.3) is 22.6 Å². The lowest BCUT2D eigenvalue weighted by molar-refractivity contribution is -0.137. The first kappa shape index (κ1) is 21.4. The summed E-state index contributed by atoms with van der Waals surface area (Å²) in [5, 5.41) is 0. The number of H-pyrrole nitrogens is 1. The van der Waals surface area contributed by atoms with Crippen LogP contribution in [0, 0.1) is 5.92 Å². The number of sulfonamides is 1. The standard InChI is InChI=1S/C20H21F3N4O3S/c1-2-4-13-9-18(28)27(11-13)31(29,30)12-26-17-7-6-14(20(21,22)23)10-16(17)25-19(26)15-5-3-8-24-15/h3,5-8,10,13,24H,2,4,9,11-12H2,1H3. The van der Waals surface area contributed by atoms with Gasteiger partial charge in [0.05, 0.1) is 22.3 Å². The van der Waals surface area contributed by atoms with Gasteiger partial charge in [-0.2, -0.15) is 13.2 Å². The summed E-state index contributed by atoms with van der Waals surface area (Å²) >= 11 is 0. The number of carbonyl (C=O) groups is 1. The molecule has 2 aromatic heterocycles. The molecule has 3 heterocycles. The van der Waals surface area contributed by atoms with E-state index in [1.165, 1.54) is 10.6 Å². The summed E-state index contributed by atoms with van der Waals surface area (Å²) in [5.74, 6) is -0.902. The summed E-state index contributed by atoms with van der Waals surface area (Å²) in [6.07, 6.45) is -1.17. The molecule has 1 aliphatic heterocycles. The topological polar surface area (TPSA) is 88.1 Å². The minimum absolute atomic E-state index is 0.0197. The van der Waals surface area contributed by atoms with Crippen LogP contribution in [0.2, 0.25) is 0 Å². The third kappa shape index (κ3) is 4.06. The molecule has 166 valence electrons. The maximum Gasteiger partial charge on any atom is 0.416 e. The zero-order valence-corrected chi connectivity index (χ0v) is 17.5. The molecule has 0 saturated carbocycles. The number of amides is 1. The number of carbonyl (C=O) groups excluding carboxylic acids is 1. The molecule has 7 nitrogen and oxygen atoms in total. The second kappa shape index (κ2) is 7.70. The van der Waals surface area contributed by atoms with E-state index in [-0.39, 0.29) is 35.7 Å². The molecule has 4 rings (SSSR count). The molecule has 0 spiro atoms. The van der Waals surface area contributed by atoms with E-state index in [1.54, 1.807) is 18.3 Å². The summed E-state index contributed by atoms with van der Waals surface area (Å²) in [4.78, 5) is 19.5. The number of aromatic nitrogens is 3. The van der Waals surface area contributed by atoms with Crippen LogP contribution in [0.4, 0.5) is 13.2 Å². The van der Waals surface area contributed by atoms with Gasteiger partial charge < -0.3 is 9.55 Å². The first-order valence-electron chi connectivity index (χ1n) is 9.84. The molecule has 1 atom stereocenters. The van der Waals surface area contributed by atoms with Crippen LogP contribution in [-0.2, 0) is 26.9 Å². The lowest BCUT2D eigenvalue weighted by Crippen LogP contribution is -2.35. The molecule has 1 fully saturated rings. The van der Waals surface area contributed by atoms with Gasteiger partial charge in [0.15, 0.2) is 5.82 Å². The number of nitrogens with zero attached hydrogens (tertiary/aromatic N) is 3. The van der Waals surface area contributed by atoms with Gasteiger partial charge in [-0.1, -0.05) is 13.3 Å². The summed E-state index contributed by atoms with van der Waals surface area (Å²) in [6, 6.07) is 6.31. The molecule has 0 aliphatic carbocycles. The van der Waals surface area contributed by atoms with Crippen LogP contribution in [0.5, 0.6) is 0 Å². The normalized spacial score (nSPS) is 17.7. The number of aromatic amines is 1. The van der Waals surface area contributed by atoms with Gasteiger partial charge in [-0.15, -0.1) is 0 Å². The molecule has 0 bridgehead atoms. The molecular formula is C20H21F3N4O3S. The quantitative estimate of drug-likeness (QED) is 0.610. The van der Waals surface area contributed by atoms with Crippen molar-refractivity contribution in [2.45, 2.75) is 38.2 Å². The van der Waals surface area contributed by atoms with Crippen LogP contribution >= 0.6 is 0 Å². The molecular weight excluding hydrogens is 433 g/mol. The first-order valence-corrected chi connectivity index (χ1v) is 11.5. The maximum absolute atomic E-state index is 13.1. The highest BCUT2D eigenvalue weighted by Crippen LogP contribution is 2.34. The van der Waals surface area contributed by atoms with E-state index in [0.717, 1.165) is 29.3 Å². The lowest BCUT2D eigenvalue weighted by Gasteiger charge is -2.18.